The van der Waals surface area contributed by atoms with Crippen LogP contribution in [0.3, 0.4) is 0 Å². The van der Waals surface area contributed by atoms with Gasteiger partial charge in [-0.2, -0.15) is 5.10 Å². The fourth-order valence-corrected chi connectivity index (χ4v) is 1.43. The average molecular weight is 197 g/mol. The molecule has 0 fully saturated rings. The van der Waals surface area contributed by atoms with Crippen molar-refractivity contribution in [3.63, 3.8) is 0 Å². The molecule has 0 unspecified atom stereocenters. The molecular formula is C8H9ClN4. The number of hydrogen-bond acceptors (Lipinski definition) is 3. The molecule has 0 aliphatic rings. The molecule has 0 aliphatic carbocycles. The molecule has 2 N–H and O–H groups in total. The third-order valence-corrected chi connectivity index (χ3v) is 2.19. The first-order valence-corrected chi connectivity index (χ1v) is 4.29. The van der Waals surface area contributed by atoms with Crippen molar-refractivity contribution in [3.8, 4) is 0 Å². The molecule has 0 radical (unpaired) electrons. The molecule has 4 nitrogen and oxygen atoms in total. The van der Waals surface area contributed by atoms with Gasteiger partial charge in [-0.25, -0.2) is 9.50 Å². The van der Waals surface area contributed by atoms with Crippen LogP contribution in [0.1, 0.15) is 11.3 Å². The van der Waals surface area contributed by atoms with Crippen LogP contribution in [0.4, 0.5) is 0 Å². The Labute approximate surface area is 80.3 Å². The van der Waals surface area contributed by atoms with Crippen molar-refractivity contribution < 1.29 is 0 Å². The smallest absolute Gasteiger partial charge is 0.174 e. The Bertz CT molecular complexity index is 449. The van der Waals surface area contributed by atoms with Gasteiger partial charge in [-0.05, 0) is 12.5 Å². The van der Waals surface area contributed by atoms with Crippen LogP contribution in [0, 0.1) is 6.92 Å². The minimum Gasteiger partial charge on any atom is -0.325 e. The minimum atomic E-state index is 0.335. The van der Waals surface area contributed by atoms with Crippen LogP contribution in [0.2, 0.25) is 5.02 Å². The Morgan fingerprint density at radius 1 is 1.62 bits per heavy atom. The maximum Gasteiger partial charge on any atom is 0.174 e. The van der Waals surface area contributed by atoms with E-state index >= 15 is 0 Å². The molecule has 68 valence electrons. The lowest BCUT2D eigenvalue weighted by Gasteiger charge is -1.92. The zero-order valence-electron chi connectivity index (χ0n) is 7.16. The molecule has 13 heavy (non-hydrogen) atoms. The first-order chi connectivity index (χ1) is 6.22. The molecule has 5 heteroatoms. The zero-order chi connectivity index (χ0) is 9.42. The molecule has 2 aromatic rings. The largest absolute Gasteiger partial charge is 0.325 e. The van der Waals surface area contributed by atoms with Crippen molar-refractivity contribution in [3.05, 3.63) is 28.7 Å². The molecule has 2 aromatic heterocycles. The Morgan fingerprint density at radius 2 is 2.38 bits per heavy atom. The van der Waals surface area contributed by atoms with E-state index in [1.54, 1.807) is 10.7 Å². The monoisotopic (exact) mass is 196 g/mol. The molecule has 0 amide bonds. The van der Waals surface area contributed by atoms with Gasteiger partial charge in [0.2, 0.25) is 0 Å². The molecule has 0 aromatic carbocycles. The Hall–Kier alpha value is -1.13. The average Bonchev–Trinajstić information content (AvgIpc) is 2.42. The number of hydrogen-bond donors (Lipinski definition) is 1. The van der Waals surface area contributed by atoms with Gasteiger partial charge in [0.25, 0.3) is 0 Å². The lowest BCUT2D eigenvalue weighted by Crippen LogP contribution is -1.97. The lowest BCUT2D eigenvalue weighted by atomic mass is 10.4. The highest BCUT2D eigenvalue weighted by atomic mass is 35.5. The van der Waals surface area contributed by atoms with Crippen molar-refractivity contribution in [2.24, 2.45) is 5.73 Å². The van der Waals surface area contributed by atoms with E-state index < -0.39 is 0 Å². The maximum absolute atomic E-state index is 5.98. The second kappa shape index (κ2) is 2.97. The van der Waals surface area contributed by atoms with E-state index in [2.05, 4.69) is 10.1 Å². The Morgan fingerprint density at radius 3 is 3.08 bits per heavy atom. The topological polar surface area (TPSA) is 56.2 Å². The van der Waals surface area contributed by atoms with Gasteiger partial charge in [-0.3, -0.25) is 0 Å². The molecular weight excluding hydrogens is 188 g/mol. The summed E-state index contributed by atoms with van der Waals surface area (Å²) in [6.45, 7) is 2.28. The number of aryl methyl sites for hydroxylation is 1. The van der Waals surface area contributed by atoms with Gasteiger partial charge < -0.3 is 5.73 Å². The van der Waals surface area contributed by atoms with E-state index in [0.29, 0.717) is 22.9 Å². The standard InChI is InChI=1S/C8H9ClN4/c1-5-3-11-8-7(9)6(2-10)12-13(8)4-5/h3-4H,2,10H2,1H3. The number of fused-ring (bicyclic) bond motifs is 1. The van der Waals surface area contributed by atoms with Crippen LogP contribution in [0.5, 0.6) is 0 Å². The molecule has 0 spiro atoms. The van der Waals surface area contributed by atoms with E-state index in [-0.39, 0.29) is 0 Å². The summed E-state index contributed by atoms with van der Waals surface area (Å²) in [4.78, 5) is 4.16. The van der Waals surface area contributed by atoms with Crippen molar-refractivity contribution in [2.45, 2.75) is 13.5 Å². The van der Waals surface area contributed by atoms with Gasteiger partial charge in [-0.15, -0.1) is 0 Å². The summed E-state index contributed by atoms with van der Waals surface area (Å²) < 4.78 is 1.65. The lowest BCUT2D eigenvalue weighted by molar-refractivity contribution is 0.869. The first kappa shape index (κ1) is 8.47. The van der Waals surface area contributed by atoms with E-state index in [9.17, 15) is 0 Å². The summed E-state index contributed by atoms with van der Waals surface area (Å²) in [6.07, 6.45) is 3.62. The highest BCUT2D eigenvalue weighted by Crippen LogP contribution is 2.19. The van der Waals surface area contributed by atoms with E-state index in [1.165, 1.54) is 0 Å². The van der Waals surface area contributed by atoms with Crippen molar-refractivity contribution in [2.75, 3.05) is 0 Å². The van der Waals surface area contributed by atoms with Crippen molar-refractivity contribution in [1.29, 1.82) is 0 Å². The predicted octanol–water partition coefficient (Wildman–Crippen LogP) is 1.15. The van der Waals surface area contributed by atoms with Crippen molar-refractivity contribution >= 4 is 17.2 Å². The second-order valence-corrected chi connectivity index (χ2v) is 3.24. The predicted molar refractivity (Wildman–Crippen MR) is 50.6 cm³/mol. The number of nitrogens with zero attached hydrogens (tertiary/aromatic N) is 3. The van der Waals surface area contributed by atoms with Gasteiger partial charge in [0, 0.05) is 18.9 Å². The van der Waals surface area contributed by atoms with Crippen LogP contribution in [0.15, 0.2) is 12.4 Å². The third-order valence-electron chi connectivity index (χ3n) is 1.80. The van der Waals surface area contributed by atoms with Crippen molar-refractivity contribution in [1.82, 2.24) is 14.6 Å². The van der Waals surface area contributed by atoms with E-state index in [1.807, 2.05) is 13.1 Å². The van der Waals surface area contributed by atoms with Gasteiger partial charge >= 0.3 is 0 Å². The van der Waals surface area contributed by atoms with Crippen LogP contribution >= 0.6 is 11.6 Å². The maximum atomic E-state index is 5.98. The second-order valence-electron chi connectivity index (χ2n) is 2.86. The zero-order valence-corrected chi connectivity index (χ0v) is 7.91. The first-order valence-electron chi connectivity index (χ1n) is 3.92. The summed E-state index contributed by atoms with van der Waals surface area (Å²) in [6, 6.07) is 0. The molecule has 0 saturated carbocycles. The van der Waals surface area contributed by atoms with E-state index in [4.69, 9.17) is 17.3 Å². The SMILES string of the molecule is Cc1cnc2c(Cl)c(CN)nn2c1. The van der Waals surface area contributed by atoms with Crippen LogP contribution in [-0.2, 0) is 6.54 Å². The van der Waals surface area contributed by atoms with Gasteiger partial charge in [0.1, 0.15) is 5.02 Å². The highest BCUT2D eigenvalue weighted by Gasteiger charge is 2.09. The van der Waals surface area contributed by atoms with Crippen LogP contribution in [0.25, 0.3) is 5.65 Å². The normalized spacial score (nSPS) is 11.0. The molecule has 2 rings (SSSR count). The quantitative estimate of drug-likeness (QED) is 0.745. The van der Waals surface area contributed by atoms with Gasteiger partial charge in [-0.1, -0.05) is 11.6 Å². The van der Waals surface area contributed by atoms with Gasteiger partial charge in [0.05, 0.1) is 5.69 Å². The summed E-state index contributed by atoms with van der Waals surface area (Å²) in [7, 11) is 0. The molecule has 2 heterocycles. The highest BCUT2D eigenvalue weighted by molar-refractivity contribution is 6.34. The Balaban J connectivity index is 2.76. The van der Waals surface area contributed by atoms with Gasteiger partial charge in [0.15, 0.2) is 5.65 Å². The number of rotatable bonds is 1. The third kappa shape index (κ3) is 1.28. The number of aromatic nitrogens is 3. The molecule has 0 saturated heterocycles. The molecule has 0 atom stereocenters. The summed E-state index contributed by atoms with van der Waals surface area (Å²) >= 11 is 5.98. The summed E-state index contributed by atoms with van der Waals surface area (Å²) in [5, 5.41) is 4.73. The fourth-order valence-electron chi connectivity index (χ4n) is 1.18. The summed E-state index contributed by atoms with van der Waals surface area (Å²) in [5.41, 5.74) is 7.84. The van der Waals surface area contributed by atoms with E-state index in [0.717, 1.165) is 5.56 Å². The molecule has 0 aliphatic heterocycles. The Kier molecular flexibility index (Phi) is 1.94. The number of nitrogens with two attached hydrogens (primary N) is 1. The van der Waals surface area contributed by atoms with Crippen LogP contribution in [-0.4, -0.2) is 14.6 Å². The fraction of sp³-hybridized carbons (Fsp3) is 0.250. The summed E-state index contributed by atoms with van der Waals surface area (Å²) in [5.74, 6) is 0. The number of halogens is 1. The van der Waals surface area contributed by atoms with Crippen LogP contribution < -0.4 is 5.73 Å². The minimum absolute atomic E-state index is 0.335. The molecule has 0 bridgehead atoms.